The van der Waals surface area contributed by atoms with E-state index in [2.05, 4.69) is 9.88 Å². The number of halogens is 1. The number of piperidine rings is 1. The molecular weight excluding hydrogens is 324 g/mol. The third kappa shape index (κ3) is 4.36. The first-order chi connectivity index (χ1) is 11.7. The van der Waals surface area contributed by atoms with Gasteiger partial charge in [-0.2, -0.15) is 0 Å². The monoisotopic (exact) mass is 342 g/mol. The van der Waals surface area contributed by atoms with Gasteiger partial charge in [0.1, 0.15) is 5.75 Å². The Morgan fingerprint density at radius 2 is 1.92 bits per heavy atom. The fraction of sp³-hybridized carbons (Fsp3) is 0.263. The van der Waals surface area contributed by atoms with Crippen molar-refractivity contribution in [1.82, 2.24) is 9.88 Å². The molecule has 3 rings (SSSR count). The van der Waals surface area contributed by atoms with E-state index in [1.165, 1.54) is 25.5 Å². The summed E-state index contributed by atoms with van der Waals surface area (Å²) in [4.78, 5) is 18.6. The molecule has 2 aromatic rings. The quantitative estimate of drug-likeness (QED) is 0.583. The lowest BCUT2D eigenvalue weighted by atomic mass is 10.1. The Labute approximate surface area is 146 Å². The number of benzene rings is 1. The Kier molecular flexibility index (Phi) is 5.49. The highest BCUT2D eigenvalue weighted by Crippen LogP contribution is 2.27. The molecule has 1 fully saturated rings. The zero-order valence-electron chi connectivity index (χ0n) is 13.3. The molecule has 0 saturated carbocycles. The number of carbonyl (C=O) groups is 1. The summed E-state index contributed by atoms with van der Waals surface area (Å²) in [6, 6.07) is 10.6. The second kappa shape index (κ2) is 7.97. The fourth-order valence-corrected chi connectivity index (χ4v) is 2.74. The molecular formula is C19H19ClN2O2. The molecule has 5 heteroatoms. The van der Waals surface area contributed by atoms with Crippen LogP contribution >= 0.6 is 11.6 Å². The highest BCUT2D eigenvalue weighted by Gasteiger charge is 2.08. The molecule has 0 N–H and O–H groups in total. The first-order valence-corrected chi connectivity index (χ1v) is 8.45. The third-order valence-corrected chi connectivity index (χ3v) is 4.21. The normalized spacial score (nSPS) is 14.8. The number of para-hydroxylation sites is 1. The van der Waals surface area contributed by atoms with Crippen LogP contribution in [0.2, 0.25) is 5.02 Å². The second-order valence-corrected chi connectivity index (χ2v) is 6.10. The SMILES string of the molecule is O=C(C=CN1CCCCC1)c1ccc(Oc2ccccc2Cl)nc1. The van der Waals surface area contributed by atoms with Gasteiger partial charge < -0.3 is 9.64 Å². The summed E-state index contributed by atoms with van der Waals surface area (Å²) in [5.74, 6) is 0.882. The Morgan fingerprint density at radius 3 is 2.62 bits per heavy atom. The summed E-state index contributed by atoms with van der Waals surface area (Å²) < 4.78 is 5.62. The van der Waals surface area contributed by atoms with E-state index in [1.807, 2.05) is 18.3 Å². The number of ketones is 1. The van der Waals surface area contributed by atoms with Gasteiger partial charge in [-0.3, -0.25) is 4.79 Å². The molecule has 24 heavy (non-hydrogen) atoms. The lowest BCUT2D eigenvalue weighted by Crippen LogP contribution is -2.24. The standard InChI is InChI=1S/C19H19ClN2O2/c20-16-6-2-3-7-18(16)24-19-9-8-15(14-21-19)17(23)10-13-22-11-4-1-5-12-22/h2-3,6-10,13-14H,1,4-5,11-12H2. The molecule has 124 valence electrons. The van der Waals surface area contributed by atoms with E-state index in [0.717, 1.165) is 13.1 Å². The van der Waals surface area contributed by atoms with Gasteiger partial charge in [-0.15, -0.1) is 0 Å². The van der Waals surface area contributed by atoms with Gasteiger partial charge in [0.2, 0.25) is 5.88 Å². The Hall–Kier alpha value is -2.33. The predicted octanol–water partition coefficient (Wildman–Crippen LogP) is 4.71. The van der Waals surface area contributed by atoms with E-state index in [-0.39, 0.29) is 5.78 Å². The van der Waals surface area contributed by atoms with Crippen molar-refractivity contribution in [2.24, 2.45) is 0 Å². The van der Waals surface area contributed by atoms with Crippen LogP contribution in [0.15, 0.2) is 54.9 Å². The van der Waals surface area contributed by atoms with Gasteiger partial charge in [0.25, 0.3) is 0 Å². The van der Waals surface area contributed by atoms with Crippen LogP contribution in [0.4, 0.5) is 0 Å². The molecule has 1 aromatic heterocycles. The lowest BCUT2D eigenvalue weighted by molar-refractivity contribution is 0.104. The molecule has 0 amide bonds. The minimum absolute atomic E-state index is 0.0580. The van der Waals surface area contributed by atoms with E-state index in [1.54, 1.807) is 30.3 Å². The van der Waals surface area contributed by atoms with Crippen LogP contribution in [-0.2, 0) is 0 Å². The van der Waals surface area contributed by atoms with Crippen molar-refractivity contribution in [3.8, 4) is 11.6 Å². The Bertz CT molecular complexity index is 722. The van der Waals surface area contributed by atoms with Crippen molar-refractivity contribution in [1.29, 1.82) is 0 Å². The number of nitrogens with zero attached hydrogens (tertiary/aromatic N) is 2. The minimum atomic E-state index is -0.0580. The number of ether oxygens (including phenoxy) is 1. The van der Waals surface area contributed by atoms with E-state index < -0.39 is 0 Å². The van der Waals surface area contributed by atoms with Crippen LogP contribution in [0.3, 0.4) is 0 Å². The molecule has 0 aliphatic carbocycles. The second-order valence-electron chi connectivity index (χ2n) is 5.69. The highest BCUT2D eigenvalue weighted by molar-refractivity contribution is 6.32. The molecule has 0 radical (unpaired) electrons. The number of aromatic nitrogens is 1. The first-order valence-electron chi connectivity index (χ1n) is 8.07. The number of hydrogen-bond donors (Lipinski definition) is 0. The maximum Gasteiger partial charge on any atom is 0.219 e. The van der Waals surface area contributed by atoms with Gasteiger partial charge >= 0.3 is 0 Å². The molecule has 1 aliphatic heterocycles. The number of rotatable bonds is 5. The van der Waals surface area contributed by atoms with Crippen molar-refractivity contribution in [3.63, 3.8) is 0 Å². The van der Waals surface area contributed by atoms with Gasteiger partial charge in [-0.1, -0.05) is 23.7 Å². The van der Waals surface area contributed by atoms with Gasteiger partial charge in [0.15, 0.2) is 5.78 Å². The molecule has 0 spiro atoms. The van der Waals surface area contributed by atoms with Crippen LogP contribution in [0.1, 0.15) is 29.6 Å². The van der Waals surface area contributed by atoms with E-state index in [9.17, 15) is 4.79 Å². The Morgan fingerprint density at radius 1 is 1.12 bits per heavy atom. The number of likely N-dealkylation sites (tertiary alicyclic amines) is 1. The maximum atomic E-state index is 12.2. The van der Waals surface area contributed by atoms with E-state index in [0.29, 0.717) is 22.2 Å². The summed E-state index contributed by atoms with van der Waals surface area (Å²) >= 11 is 6.05. The number of pyridine rings is 1. The van der Waals surface area contributed by atoms with Crippen molar-refractivity contribution in [2.75, 3.05) is 13.1 Å². The van der Waals surface area contributed by atoms with Gasteiger partial charge in [-0.25, -0.2) is 4.98 Å². The summed E-state index contributed by atoms with van der Waals surface area (Å²) in [6.45, 7) is 2.04. The average molecular weight is 343 g/mol. The zero-order chi connectivity index (χ0) is 16.8. The van der Waals surface area contributed by atoms with Gasteiger partial charge in [0, 0.05) is 43.2 Å². The number of hydrogen-bond acceptors (Lipinski definition) is 4. The van der Waals surface area contributed by atoms with Crippen LogP contribution < -0.4 is 4.74 Å². The first kappa shape index (κ1) is 16.5. The molecule has 0 bridgehead atoms. The van der Waals surface area contributed by atoms with Crippen LogP contribution in [-0.4, -0.2) is 28.8 Å². The van der Waals surface area contributed by atoms with Crippen LogP contribution in [0, 0.1) is 0 Å². The summed E-state index contributed by atoms with van der Waals surface area (Å²) in [7, 11) is 0. The maximum absolute atomic E-state index is 12.2. The van der Waals surface area contributed by atoms with Gasteiger partial charge in [-0.05, 0) is 37.5 Å². The average Bonchev–Trinajstić information content (AvgIpc) is 2.63. The fourth-order valence-electron chi connectivity index (χ4n) is 2.56. The van der Waals surface area contributed by atoms with Crippen molar-refractivity contribution in [3.05, 3.63) is 65.5 Å². The predicted molar refractivity (Wildman–Crippen MR) is 94.7 cm³/mol. The highest BCUT2D eigenvalue weighted by atomic mass is 35.5. The molecule has 2 heterocycles. The zero-order valence-corrected chi connectivity index (χ0v) is 14.1. The van der Waals surface area contributed by atoms with Crippen LogP contribution in [0.25, 0.3) is 0 Å². The summed E-state index contributed by atoms with van der Waals surface area (Å²) in [6.07, 6.45) is 8.67. The van der Waals surface area contributed by atoms with Crippen molar-refractivity contribution >= 4 is 17.4 Å². The Balaban J connectivity index is 1.62. The largest absolute Gasteiger partial charge is 0.437 e. The summed E-state index contributed by atoms with van der Waals surface area (Å²) in [5.41, 5.74) is 0.537. The van der Waals surface area contributed by atoms with Crippen molar-refractivity contribution < 1.29 is 9.53 Å². The molecule has 4 nitrogen and oxygen atoms in total. The molecule has 1 saturated heterocycles. The lowest BCUT2D eigenvalue weighted by Gasteiger charge is -2.24. The molecule has 0 unspecified atom stereocenters. The molecule has 1 aromatic carbocycles. The molecule has 1 aliphatic rings. The third-order valence-electron chi connectivity index (χ3n) is 3.90. The van der Waals surface area contributed by atoms with Gasteiger partial charge in [0.05, 0.1) is 5.02 Å². The number of carbonyl (C=O) groups excluding carboxylic acids is 1. The summed E-state index contributed by atoms with van der Waals surface area (Å²) in [5, 5.41) is 0.518. The van der Waals surface area contributed by atoms with E-state index in [4.69, 9.17) is 16.3 Å². The molecule has 0 atom stereocenters. The van der Waals surface area contributed by atoms with Crippen LogP contribution in [0.5, 0.6) is 11.6 Å². The minimum Gasteiger partial charge on any atom is -0.437 e. The van der Waals surface area contributed by atoms with E-state index >= 15 is 0 Å². The topological polar surface area (TPSA) is 42.4 Å². The smallest absolute Gasteiger partial charge is 0.219 e. The number of allylic oxidation sites excluding steroid dienone is 1. The van der Waals surface area contributed by atoms with Crippen molar-refractivity contribution in [2.45, 2.75) is 19.3 Å².